The zero-order chi connectivity index (χ0) is 11.1. The number of methoxy groups -OCH3 is 1. The van der Waals surface area contributed by atoms with E-state index in [0.717, 1.165) is 0 Å². The van der Waals surface area contributed by atoms with Gasteiger partial charge in [-0.25, -0.2) is 4.79 Å². The van der Waals surface area contributed by atoms with Crippen LogP contribution < -0.4 is 5.32 Å². The molecule has 2 amide bonds. The normalized spacial score (nSPS) is 12.4. The van der Waals surface area contributed by atoms with Gasteiger partial charge in [-0.05, 0) is 14.0 Å². The van der Waals surface area contributed by atoms with Crippen LogP contribution in [-0.4, -0.2) is 55.4 Å². The topological polar surface area (TPSA) is 78.9 Å². The van der Waals surface area contributed by atoms with E-state index in [0.29, 0.717) is 0 Å². The van der Waals surface area contributed by atoms with Crippen molar-refractivity contribution in [3.8, 4) is 0 Å². The monoisotopic (exact) mass is 204 g/mol. The minimum atomic E-state index is -0.778. The van der Waals surface area contributed by atoms with Crippen LogP contribution in [0.1, 0.15) is 6.92 Å². The number of aliphatic hydroxyl groups is 1. The van der Waals surface area contributed by atoms with Crippen molar-refractivity contribution in [3.63, 3.8) is 0 Å². The fourth-order valence-corrected chi connectivity index (χ4v) is 0.726. The smallest absolute Gasteiger partial charge is 0.413 e. The average molecular weight is 204 g/mol. The molecule has 0 aliphatic heterocycles. The Hall–Kier alpha value is -1.14. The van der Waals surface area contributed by atoms with E-state index >= 15 is 0 Å². The first-order valence-electron chi connectivity index (χ1n) is 4.20. The molecule has 0 aromatic carbocycles. The molecule has 14 heavy (non-hydrogen) atoms. The third kappa shape index (κ3) is 4.78. The van der Waals surface area contributed by atoms with E-state index in [4.69, 9.17) is 5.11 Å². The van der Waals surface area contributed by atoms with Crippen molar-refractivity contribution in [3.05, 3.63) is 0 Å². The van der Waals surface area contributed by atoms with E-state index in [1.54, 1.807) is 18.9 Å². The lowest BCUT2D eigenvalue weighted by molar-refractivity contribution is -0.121. The largest absolute Gasteiger partial charge is 0.453 e. The Morgan fingerprint density at radius 3 is 2.57 bits per heavy atom. The Bertz CT molecular complexity index is 208. The van der Waals surface area contributed by atoms with Crippen LogP contribution in [0.5, 0.6) is 0 Å². The molecule has 0 aliphatic rings. The first-order valence-corrected chi connectivity index (χ1v) is 4.20. The van der Waals surface area contributed by atoms with Crippen molar-refractivity contribution in [2.75, 3.05) is 27.3 Å². The molecule has 1 atom stereocenters. The number of hydrogen-bond acceptors (Lipinski definition) is 5. The molecular formula is C8H16N2O4. The molecule has 6 nitrogen and oxygen atoms in total. The molecule has 0 saturated carbocycles. The van der Waals surface area contributed by atoms with E-state index in [9.17, 15) is 9.59 Å². The number of nitrogens with zero attached hydrogens (tertiary/aromatic N) is 1. The summed E-state index contributed by atoms with van der Waals surface area (Å²) in [6.07, 6.45) is -0.778. The first kappa shape index (κ1) is 12.9. The minimum Gasteiger partial charge on any atom is -0.453 e. The van der Waals surface area contributed by atoms with Gasteiger partial charge in [0.2, 0.25) is 5.91 Å². The highest BCUT2D eigenvalue weighted by Gasteiger charge is 2.13. The molecule has 0 aromatic rings. The molecule has 0 aromatic heterocycles. The number of nitrogens with one attached hydrogen (secondary N) is 1. The summed E-state index contributed by atoms with van der Waals surface area (Å²) in [5.41, 5.74) is 0. The zero-order valence-electron chi connectivity index (χ0n) is 8.61. The molecule has 0 bridgehead atoms. The standard InChI is InChI=1S/C8H16N2O4/c1-6(5-11)10(2)4-7(12)9-8(13)14-3/h6,11H,4-5H2,1-3H3,(H,9,12,13). The number of imide groups is 1. The molecule has 82 valence electrons. The van der Waals surface area contributed by atoms with Crippen molar-refractivity contribution < 1.29 is 19.4 Å². The maximum absolute atomic E-state index is 11.1. The van der Waals surface area contributed by atoms with E-state index in [-0.39, 0.29) is 19.2 Å². The summed E-state index contributed by atoms with van der Waals surface area (Å²) in [5.74, 6) is -0.459. The lowest BCUT2D eigenvalue weighted by Crippen LogP contribution is -2.42. The van der Waals surface area contributed by atoms with Gasteiger partial charge in [-0.2, -0.15) is 0 Å². The van der Waals surface area contributed by atoms with Crippen molar-refractivity contribution in [1.29, 1.82) is 0 Å². The van der Waals surface area contributed by atoms with Gasteiger partial charge in [-0.1, -0.05) is 0 Å². The minimum absolute atomic E-state index is 0.0385. The van der Waals surface area contributed by atoms with Crippen molar-refractivity contribution >= 4 is 12.0 Å². The quantitative estimate of drug-likeness (QED) is 0.625. The van der Waals surface area contributed by atoms with E-state index in [1.807, 2.05) is 5.32 Å². The van der Waals surface area contributed by atoms with Gasteiger partial charge in [-0.3, -0.25) is 15.0 Å². The molecule has 0 aliphatic carbocycles. The third-order valence-electron chi connectivity index (χ3n) is 1.84. The Labute approximate surface area is 82.8 Å². The predicted molar refractivity (Wildman–Crippen MR) is 49.7 cm³/mol. The summed E-state index contributed by atoms with van der Waals surface area (Å²) >= 11 is 0. The predicted octanol–water partition coefficient (Wildman–Crippen LogP) is -0.818. The van der Waals surface area contributed by atoms with Gasteiger partial charge in [0.25, 0.3) is 0 Å². The number of alkyl carbamates (subject to hydrolysis) is 1. The van der Waals surface area contributed by atoms with Crippen LogP contribution in [0.3, 0.4) is 0 Å². The van der Waals surface area contributed by atoms with Gasteiger partial charge in [-0.15, -0.1) is 0 Å². The molecule has 0 rings (SSSR count). The summed E-state index contributed by atoms with van der Waals surface area (Å²) in [4.78, 5) is 23.4. The number of carbonyl (C=O) groups excluding carboxylic acids is 2. The first-order chi connectivity index (χ1) is 6.51. The van der Waals surface area contributed by atoms with Crippen LogP contribution in [0.4, 0.5) is 4.79 Å². The number of hydrogen-bond donors (Lipinski definition) is 2. The van der Waals surface area contributed by atoms with Crippen molar-refractivity contribution in [2.45, 2.75) is 13.0 Å². The highest BCUT2D eigenvalue weighted by molar-refractivity contribution is 5.92. The molecule has 0 heterocycles. The highest BCUT2D eigenvalue weighted by atomic mass is 16.5. The van der Waals surface area contributed by atoms with Gasteiger partial charge >= 0.3 is 6.09 Å². The second kappa shape index (κ2) is 6.33. The van der Waals surface area contributed by atoms with E-state index < -0.39 is 12.0 Å². The molecule has 2 N–H and O–H groups in total. The summed E-state index contributed by atoms with van der Waals surface area (Å²) in [6.45, 7) is 1.77. The Balaban J connectivity index is 3.88. The fraction of sp³-hybridized carbons (Fsp3) is 0.750. The van der Waals surface area contributed by atoms with E-state index in [1.165, 1.54) is 7.11 Å². The van der Waals surface area contributed by atoms with Gasteiger partial charge < -0.3 is 9.84 Å². The number of rotatable bonds is 4. The van der Waals surface area contributed by atoms with E-state index in [2.05, 4.69) is 4.74 Å². The Morgan fingerprint density at radius 2 is 2.14 bits per heavy atom. The lowest BCUT2D eigenvalue weighted by atomic mass is 10.3. The summed E-state index contributed by atoms with van der Waals surface area (Å²) < 4.78 is 4.25. The van der Waals surface area contributed by atoms with Gasteiger partial charge in [0.05, 0.1) is 20.3 Å². The van der Waals surface area contributed by atoms with Crippen molar-refractivity contribution in [1.82, 2.24) is 10.2 Å². The van der Waals surface area contributed by atoms with Gasteiger partial charge in [0.15, 0.2) is 0 Å². The summed E-state index contributed by atoms with van der Waals surface area (Å²) in [6, 6.07) is -0.126. The highest BCUT2D eigenvalue weighted by Crippen LogP contribution is 1.92. The molecule has 0 saturated heterocycles. The maximum Gasteiger partial charge on any atom is 0.413 e. The summed E-state index contributed by atoms with van der Waals surface area (Å²) in [7, 11) is 2.86. The molecule has 6 heteroatoms. The number of ether oxygens (including phenoxy) is 1. The van der Waals surface area contributed by atoms with Crippen LogP contribution in [0.15, 0.2) is 0 Å². The summed E-state index contributed by atoms with van der Waals surface area (Å²) in [5, 5.41) is 10.8. The number of amides is 2. The molecular weight excluding hydrogens is 188 g/mol. The average Bonchev–Trinajstić information content (AvgIpc) is 2.15. The van der Waals surface area contributed by atoms with Crippen LogP contribution in [-0.2, 0) is 9.53 Å². The number of likely N-dealkylation sites (N-methyl/N-ethyl adjacent to an activating group) is 1. The van der Waals surface area contributed by atoms with Crippen LogP contribution >= 0.6 is 0 Å². The van der Waals surface area contributed by atoms with Crippen LogP contribution in [0.25, 0.3) is 0 Å². The second-order valence-electron chi connectivity index (χ2n) is 2.99. The fourth-order valence-electron chi connectivity index (χ4n) is 0.726. The Kier molecular flexibility index (Phi) is 5.82. The molecule has 0 radical (unpaired) electrons. The van der Waals surface area contributed by atoms with Gasteiger partial charge in [0, 0.05) is 6.04 Å². The number of carbonyl (C=O) groups is 2. The zero-order valence-corrected chi connectivity index (χ0v) is 8.61. The Morgan fingerprint density at radius 1 is 1.57 bits per heavy atom. The lowest BCUT2D eigenvalue weighted by Gasteiger charge is -2.21. The number of aliphatic hydroxyl groups excluding tert-OH is 1. The van der Waals surface area contributed by atoms with Gasteiger partial charge in [0.1, 0.15) is 0 Å². The SMILES string of the molecule is COC(=O)NC(=O)CN(C)C(C)CO. The maximum atomic E-state index is 11.1. The van der Waals surface area contributed by atoms with Crippen molar-refractivity contribution in [2.24, 2.45) is 0 Å². The van der Waals surface area contributed by atoms with Crippen LogP contribution in [0.2, 0.25) is 0 Å². The molecule has 1 unspecified atom stereocenters. The third-order valence-corrected chi connectivity index (χ3v) is 1.84. The molecule has 0 spiro atoms. The van der Waals surface area contributed by atoms with Crippen LogP contribution in [0, 0.1) is 0 Å². The molecule has 0 fully saturated rings. The second-order valence-corrected chi connectivity index (χ2v) is 2.99.